The molecule has 0 saturated heterocycles. The van der Waals surface area contributed by atoms with Crippen molar-refractivity contribution >= 4 is 36.3 Å². The normalized spacial score (nSPS) is 14.1. The number of amides is 3. The Morgan fingerprint density at radius 2 is 1.29 bits per heavy atom. The van der Waals surface area contributed by atoms with Crippen LogP contribution in [0.5, 0.6) is 5.75 Å². The molecule has 0 spiro atoms. The third kappa shape index (κ3) is 10.1. The number of carboxylic acids is 1. The molecule has 2 rings (SSSR count). The zero-order valence-corrected chi connectivity index (χ0v) is 22.4. The third-order valence-electron chi connectivity index (χ3n) is 5.78. The number of aromatic hydroxyl groups is 1. The van der Waals surface area contributed by atoms with E-state index >= 15 is 0 Å². The standard InChI is InChI=1S/C27H36N4O6S/c1-16(2)12-20(28)24(33)29-21(13-17-6-4-3-5-7-17)25(34)31-23(15-38)26(35)30-22(27(36)37)14-18-8-10-19(32)11-9-18/h3-11,16,20-23,32,38H,12-15,28H2,1-2H3,(H,29,33)(H,30,35)(H,31,34)(H,36,37). The number of benzene rings is 2. The molecule has 206 valence electrons. The van der Waals surface area contributed by atoms with Crippen LogP contribution in [0.4, 0.5) is 0 Å². The predicted octanol–water partition coefficient (Wildman–Crippen LogP) is 1.02. The van der Waals surface area contributed by atoms with Gasteiger partial charge in [-0.15, -0.1) is 0 Å². The number of aliphatic carboxylic acids is 1. The number of phenolic OH excluding ortho intramolecular Hbond substituents is 1. The van der Waals surface area contributed by atoms with Crippen LogP contribution in [-0.2, 0) is 32.0 Å². The molecule has 0 aromatic heterocycles. The minimum atomic E-state index is -1.28. The van der Waals surface area contributed by atoms with Crippen molar-refractivity contribution in [1.29, 1.82) is 0 Å². The number of carbonyl (C=O) groups excluding carboxylic acids is 3. The Morgan fingerprint density at radius 1 is 0.789 bits per heavy atom. The van der Waals surface area contributed by atoms with Crippen LogP contribution in [-0.4, -0.2) is 63.8 Å². The smallest absolute Gasteiger partial charge is 0.326 e. The van der Waals surface area contributed by atoms with Gasteiger partial charge in [0, 0.05) is 18.6 Å². The Hall–Kier alpha value is -3.57. The van der Waals surface area contributed by atoms with Gasteiger partial charge in [-0.3, -0.25) is 14.4 Å². The van der Waals surface area contributed by atoms with Gasteiger partial charge in [0.25, 0.3) is 0 Å². The van der Waals surface area contributed by atoms with E-state index in [0.29, 0.717) is 12.0 Å². The SMILES string of the molecule is CC(C)CC(N)C(=O)NC(Cc1ccccc1)C(=O)NC(CS)C(=O)NC(Cc1ccc(O)cc1)C(=O)O. The molecule has 10 nitrogen and oxygen atoms in total. The van der Waals surface area contributed by atoms with E-state index < -0.39 is 47.9 Å². The summed E-state index contributed by atoms with van der Waals surface area (Å²) in [5, 5.41) is 26.7. The van der Waals surface area contributed by atoms with E-state index in [1.54, 1.807) is 24.3 Å². The molecule has 0 fully saturated rings. The van der Waals surface area contributed by atoms with Gasteiger partial charge in [-0.1, -0.05) is 56.3 Å². The molecule has 4 atom stereocenters. The van der Waals surface area contributed by atoms with Crippen LogP contribution in [0.3, 0.4) is 0 Å². The average molecular weight is 545 g/mol. The second kappa shape index (κ2) is 15.0. The second-order valence-electron chi connectivity index (χ2n) is 9.50. The van der Waals surface area contributed by atoms with Gasteiger partial charge in [-0.05, 0) is 35.6 Å². The van der Waals surface area contributed by atoms with Crippen molar-refractivity contribution in [1.82, 2.24) is 16.0 Å². The molecule has 3 amide bonds. The highest BCUT2D eigenvalue weighted by Gasteiger charge is 2.30. The molecule has 0 bridgehead atoms. The van der Waals surface area contributed by atoms with Crippen molar-refractivity contribution in [3.63, 3.8) is 0 Å². The Kier molecular flexibility index (Phi) is 12.1. The fourth-order valence-corrected chi connectivity index (χ4v) is 4.02. The zero-order valence-electron chi connectivity index (χ0n) is 21.5. The molecule has 0 radical (unpaired) electrons. The monoisotopic (exact) mass is 544 g/mol. The van der Waals surface area contributed by atoms with Gasteiger partial charge < -0.3 is 31.9 Å². The fourth-order valence-electron chi connectivity index (χ4n) is 3.76. The quantitative estimate of drug-likeness (QED) is 0.174. The number of carbonyl (C=O) groups is 4. The number of thiol groups is 1. The molecule has 2 aromatic carbocycles. The summed E-state index contributed by atoms with van der Waals surface area (Å²) in [7, 11) is 0. The van der Waals surface area contributed by atoms with Gasteiger partial charge >= 0.3 is 5.97 Å². The second-order valence-corrected chi connectivity index (χ2v) is 9.87. The summed E-state index contributed by atoms with van der Waals surface area (Å²) < 4.78 is 0. The molecular formula is C27H36N4O6S. The molecular weight excluding hydrogens is 508 g/mol. The first-order chi connectivity index (χ1) is 18.0. The number of hydrogen-bond donors (Lipinski definition) is 7. The van der Waals surface area contributed by atoms with Crippen molar-refractivity contribution in [2.45, 2.75) is 57.3 Å². The van der Waals surface area contributed by atoms with Gasteiger partial charge in [0.1, 0.15) is 23.9 Å². The number of hydrogen-bond acceptors (Lipinski definition) is 7. The summed E-state index contributed by atoms with van der Waals surface area (Å²) in [6, 6.07) is 10.7. The lowest BCUT2D eigenvalue weighted by atomic mass is 10.0. The minimum Gasteiger partial charge on any atom is -0.508 e. The van der Waals surface area contributed by atoms with Crippen LogP contribution >= 0.6 is 12.6 Å². The first-order valence-corrected chi connectivity index (χ1v) is 13.0. The van der Waals surface area contributed by atoms with Crippen molar-refractivity contribution in [2.75, 3.05) is 5.75 Å². The highest BCUT2D eigenvalue weighted by atomic mass is 32.1. The summed E-state index contributed by atoms with van der Waals surface area (Å²) >= 11 is 4.16. The third-order valence-corrected chi connectivity index (χ3v) is 6.15. The molecule has 38 heavy (non-hydrogen) atoms. The lowest BCUT2D eigenvalue weighted by molar-refractivity contribution is -0.142. The summed E-state index contributed by atoms with van der Waals surface area (Å²) in [5.41, 5.74) is 7.38. The lowest BCUT2D eigenvalue weighted by Gasteiger charge is -2.25. The van der Waals surface area contributed by atoms with Crippen LogP contribution in [0.2, 0.25) is 0 Å². The van der Waals surface area contributed by atoms with Gasteiger partial charge in [0.2, 0.25) is 17.7 Å². The first kappa shape index (κ1) is 30.7. The highest BCUT2D eigenvalue weighted by Crippen LogP contribution is 2.12. The number of nitrogens with one attached hydrogen (secondary N) is 3. The summed E-state index contributed by atoms with van der Waals surface area (Å²) in [6.45, 7) is 3.87. The van der Waals surface area contributed by atoms with Crippen LogP contribution in [0.1, 0.15) is 31.4 Å². The molecule has 0 aliphatic rings. The lowest BCUT2D eigenvalue weighted by Crippen LogP contribution is -2.58. The Bertz CT molecular complexity index is 1080. The maximum absolute atomic E-state index is 13.2. The Morgan fingerprint density at radius 3 is 1.84 bits per heavy atom. The largest absolute Gasteiger partial charge is 0.508 e. The van der Waals surface area contributed by atoms with E-state index in [-0.39, 0.29) is 30.3 Å². The predicted molar refractivity (Wildman–Crippen MR) is 147 cm³/mol. The molecule has 11 heteroatoms. The molecule has 0 heterocycles. The van der Waals surface area contributed by atoms with E-state index in [1.165, 1.54) is 12.1 Å². The maximum Gasteiger partial charge on any atom is 0.326 e. The van der Waals surface area contributed by atoms with E-state index in [9.17, 15) is 29.4 Å². The van der Waals surface area contributed by atoms with E-state index in [4.69, 9.17) is 5.73 Å². The number of nitrogens with two attached hydrogens (primary N) is 1. The number of rotatable bonds is 14. The summed E-state index contributed by atoms with van der Waals surface area (Å²) in [4.78, 5) is 50.6. The summed E-state index contributed by atoms with van der Waals surface area (Å²) in [5.74, 6) is -3.00. The van der Waals surface area contributed by atoms with Gasteiger partial charge in [0.15, 0.2) is 0 Å². The highest BCUT2D eigenvalue weighted by molar-refractivity contribution is 7.80. The van der Waals surface area contributed by atoms with Gasteiger partial charge in [-0.2, -0.15) is 12.6 Å². The van der Waals surface area contributed by atoms with Crippen molar-refractivity contribution < 1.29 is 29.4 Å². The van der Waals surface area contributed by atoms with Gasteiger partial charge in [-0.25, -0.2) is 4.79 Å². The topological polar surface area (TPSA) is 171 Å². The Labute approximate surface area is 227 Å². The van der Waals surface area contributed by atoms with Gasteiger partial charge in [0.05, 0.1) is 6.04 Å². The summed E-state index contributed by atoms with van der Waals surface area (Å²) in [6.07, 6.45) is 0.562. The molecule has 4 unspecified atom stereocenters. The molecule has 0 saturated carbocycles. The molecule has 0 aliphatic heterocycles. The maximum atomic E-state index is 13.2. The molecule has 7 N–H and O–H groups in total. The molecule has 2 aromatic rings. The van der Waals surface area contributed by atoms with E-state index in [0.717, 1.165) is 5.56 Å². The number of carboxylic acid groups (broad SMARTS) is 1. The average Bonchev–Trinajstić information content (AvgIpc) is 2.87. The molecule has 0 aliphatic carbocycles. The van der Waals surface area contributed by atoms with Crippen LogP contribution < -0.4 is 21.7 Å². The van der Waals surface area contributed by atoms with Crippen molar-refractivity contribution in [2.24, 2.45) is 11.7 Å². The van der Waals surface area contributed by atoms with Crippen LogP contribution in [0, 0.1) is 5.92 Å². The first-order valence-electron chi connectivity index (χ1n) is 12.3. The van der Waals surface area contributed by atoms with E-state index in [2.05, 4.69) is 28.6 Å². The number of phenols is 1. The van der Waals surface area contributed by atoms with Crippen LogP contribution in [0.15, 0.2) is 54.6 Å². The minimum absolute atomic E-state index is 0.0322. The van der Waals surface area contributed by atoms with Crippen LogP contribution in [0.25, 0.3) is 0 Å². The Balaban J connectivity index is 2.13. The van der Waals surface area contributed by atoms with Crippen molar-refractivity contribution in [3.05, 3.63) is 65.7 Å². The zero-order chi connectivity index (χ0) is 28.2. The van der Waals surface area contributed by atoms with Crippen molar-refractivity contribution in [3.8, 4) is 5.75 Å². The van der Waals surface area contributed by atoms with E-state index in [1.807, 2.05) is 32.0 Å². The fraction of sp³-hybridized carbons (Fsp3) is 0.407.